The second-order valence-electron chi connectivity index (χ2n) is 5.75. The zero-order valence-electron chi connectivity index (χ0n) is 12.1. The molecule has 4 unspecified atom stereocenters. The Balaban J connectivity index is 2.13. The molecule has 1 aliphatic carbocycles. The minimum atomic E-state index is -0.852. The van der Waals surface area contributed by atoms with E-state index in [0.29, 0.717) is 12.0 Å². The number of nitrogens with one attached hydrogen (secondary N) is 1. The fourth-order valence-corrected chi connectivity index (χ4v) is 5.85. The van der Waals surface area contributed by atoms with E-state index < -0.39 is 10.8 Å². The van der Waals surface area contributed by atoms with Gasteiger partial charge in [-0.05, 0) is 49.1 Å². The lowest BCUT2D eigenvalue weighted by Gasteiger charge is -2.37. The highest BCUT2D eigenvalue weighted by Gasteiger charge is 2.35. The molecule has 1 fully saturated rings. The Morgan fingerprint density at radius 3 is 2.84 bits per heavy atom. The van der Waals surface area contributed by atoms with Crippen LogP contribution in [0.3, 0.4) is 0 Å². The molecule has 1 saturated carbocycles. The monoisotopic (exact) mass is 299 g/mol. The van der Waals surface area contributed by atoms with Crippen LogP contribution in [-0.4, -0.2) is 22.0 Å². The quantitative estimate of drug-likeness (QED) is 0.899. The van der Waals surface area contributed by atoms with E-state index in [1.807, 2.05) is 17.5 Å². The maximum atomic E-state index is 12.8. The highest BCUT2D eigenvalue weighted by molar-refractivity contribution is 7.88. The van der Waals surface area contributed by atoms with Crippen molar-refractivity contribution >= 4 is 22.1 Å². The summed E-state index contributed by atoms with van der Waals surface area (Å²) < 4.78 is 13.8. The average molecular weight is 300 g/mol. The first-order chi connectivity index (χ1) is 9.13. The minimum Gasteiger partial charge on any atom is -0.313 e. The van der Waals surface area contributed by atoms with Gasteiger partial charge in [0.2, 0.25) is 0 Å². The summed E-state index contributed by atoms with van der Waals surface area (Å²) in [7, 11) is -0.852. The Morgan fingerprint density at radius 1 is 1.47 bits per heavy atom. The number of hydrogen-bond acceptors (Lipinski definition) is 3. The number of hydrogen-bond donors (Lipinski definition) is 1. The van der Waals surface area contributed by atoms with Gasteiger partial charge < -0.3 is 5.32 Å². The van der Waals surface area contributed by atoms with E-state index >= 15 is 0 Å². The Hall–Kier alpha value is -0.190. The maximum absolute atomic E-state index is 12.8. The molecular formula is C15H25NOS2. The molecule has 0 bridgehead atoms. The fourth-order valence-electron chi connectivity index (χ4n) is 3.02. The molecule has 0 aromatic carbocycles. The van der Waals surface area contributed by atoms with Crippen LogP contribution in [0.5, 0.6) is 0 Å². The van der Waals surface area contributed by atoms with E-state index in [2.05, 4.69) is 26.1 Å². The van der Waals surface area contributed by atoms with Gasteiger partial charge in [0.25, 0.3) is 0 Å². The predicted octanol–water partition coefficient (Wildman–Crippen LogP) is 3.66. The molecule has 2 nitrogen and oxygen atoms in total. The summed E-state index contributed by atoms with van der Waals surface area (Å²) in [6.07, 6.45) is 3.53. The third-order valence-corrected chi connectivity index (χ3v) is 7.26. The van der Waals surface area contributed by atoms with Gasteiger partial charge in [-0.3, -0.25) is 4.21 Å². The Kier molecular flexibility index (Phi) is 5.60. The van der Waals surface area contributed by atoms with E-state index in [1.54, 1.807) is 11.3 Å². The molecule has 2 rings (SSSR count). The van der Waals surface area contributed by atoms with Gasteiger partial charge in [0.1, 0.15) is 0 Å². The number of thiophene rings is 1. The number of rotatable bonds is 5. The summed E-state index contributed by atoms with van der Waals surface area (Å²) in [5.41, 5.74) is 0. The van der Waals surface area contributed by atoms with Gasteiger partial charge in [0, 0.05) is 6.04 Å². The molecule has 4 atom stereocenters. The lowest BCUT2D eigenvalue weighted by atomic mass is 9.79. The molecule has 1 heterocycles. The van der Waals surface area contributed by atoms with Crippen LogP contribution >= 0.6 is 11.3 Å². The van der Waals surface area contributed by atoms with Crippen molar-refractivity contribution in [2.45, 2.75) is 55.5 Å². The molecule has 0 amide bonds. The van der Waals surface area contributed by atoms with E-state index in [-0.39, 0.29) is 5.25 Å². The fraction of sp³-hybridized carbons (Fsp3) is 0.733. The van der Waals surface area contributed by atoms with Gasteiger partial charge >= 0.3 is 0 Å². The van der Waals surface area contributed by atoms with E-state index in [4.69, 9.17) is 0 Å². The topological polar surface area (TPSA) is 29.1 Å². The molecule has 0 radical (unpaired) electrons. The van der Waals surface area contributed by atoms with Crippen molar-refractivity contribution in [2.75, 3.05) is 6.54 Å². The highest BCUT2D eigenvalue weighted by Crippen LogP contribution is 2.35. The van der Waals surface area contributed by atoms with Crippen molar-refractivity contribution in [1.29, 1.82) is 0 Å². The van der Waals surface area contributed by atoms with Crippen LogP contribution in [0.25, 0.3) is 0 Å². The summed E-state index contributed by atoms with van der Waals surface area (Å²) >= 11 is 1.63. The van der Waals surface area contributed by atoms with Crippen LogP contribution in [0.4, 0.5) is 0 Å². The SMILES string of the molecule is CCNC1CCC(C(C)C)CC1S(=O)c1cccs1. The van der Waals surface area contributed by atoms with Crippen molar-refractivity contribution in [2.24, 2.45) is 11.8 Å². The second kappa shape index (κ2) is 7.00. The summed E-state index contributed by atoms with van der Waals surface area (Å²) in [5.74, 6) is 1.43. The van der Waals surface area contributed by atoms with Crippen molar-refractivity contribution in [3.8, 4) is 0 Å². The van der Waals surface area contributed by atoms with Crippen LogP contribution < -0.4 is 5.32 Å². The largest absolute Gasteiger partial charge is 0.313 e. The summed E-state index contributed by atoms with van der Waals surface area (Å²) in [6.45, 7) is 7.70. The van der Waals surface area contributed by atoms with Gasteiger partial charge in [0.15, 0.2) is 0 Å². The molecule has 0 spiro atoms. The third-order valence-electron chi connectivity index (χ3n) is 4.21. The van der Waals surface area contributed by atoms with Crippen LogP contribution in [0, 0.1) is 11.8 Å². The molecule has 1 N–H and O–H groups in total. The van der Waals surface area contributed by atoms with Gasteiger partial charge in [-0.2, -0.15) is 0 Å². The Labute approximate surface area is 123 Å². The second-order valence-corrected chi connectivity index (χ2v) is 8.60. The summed E-state index contributed by atoms with van der Waals surface area (Å²) in [5, 5.41) is 5.85. The lowest BCUT2D eigenvalue weighted by Crippen LogP contribution is -2.46. The lowest BCUT2D eigenvalue weighted by molar-refractivity contribution is 0.245. The molecule has 1 aliphatic rings. The van der Waals surface area contributed by atoms with Crippen molar-refractivity contribution in [3.05, 3.63) is 17.5 Å². The van der Waals surface area contributed by atoms with Gasteiger partial charge in [-0.25, -0.2) is 0 Å². The maximum Gasteiger partial charge on any atom is 0.0914 e. The smallest absolute Gasteiger partial charge is 0.0914 e. The normalized spacial score (nSPS) is 29.6. The molecule has 108 valence electrons. The molecule has 0 aliphatic heterocycles. The standard InChI is InChI=1S/C15H25NOS2/c1-4-16-13-8-7-12(11(2)3)10-14(13)19(17)15-6-5-9-18-15/h5-6,9,11-14,16H,4,7-8,10H2,1-3H3. The van der Waals surface area contributed by atoms with Crippen LogP contribution in [0.2, 0.25) is 0 Å². The third kappa shape index (κ3) is 3.67. The molecular weight excluding hydrogens is 274 g/mol. The van der Waals surface area contributed by atoms with Crippen molar-refractivity contribution in [1.82, 2.24) is 5.32 Å². The first-order valence-electron chi connectivity index (χ1n) is 7.31. The van der Waals surface area contributed by atoms with Crippen LogP contribution in [0.1, 0.15) is 40.0 Å². The van der Waals surface area contributed by atoms with Gasteiger partial charge in [-0.15, -0.1) is 11.3 Å². The molecule has 19 heavy (non-hydrogen) atoms. The molecule has 4 heteroatoms. The van der Waals surface area contributed by atoms with E-state index in [9.17, 15) is 4.21 Å². The van der Waals surface area contributed by atoms with Gasteiger partial charge in [0.05, 0.1) is 20.3 Å². The molecule has 1 aromatic heterocycles. The van der Waals surface area contributed by atoms with Crippen LogP contribution in [-0.2, 0) is 10.8 Å². The highest BCUT2D eigenvalue weighted by atomic mass is 32.2. The minimum absolute atomic E-state index is 0.278. The summed E-state index contributed by atoms with van der Waals surface area (Å²) in [6, 6.07) is 4.44. The average Bonchev–Trinajstić information content (AvgIpc) is 2.92. The zero-order chi connectivity index (χ0) is 13.8. The van der Waals surface area contributed by atoms with Crippen LogP contribution in [0.15, 0.2) is 21.7 Å². The first kappa shape index (κ1) is 15.2. The van der Waals surface area contributed by atoms with Crippen molar-refractivity contribution < 1.29 is 4.21 Å². The zero-order valence-corrected chi connectivity index (χ0v) is 13.7. The Bertz CT molecular complexity index is 402. The van der Waals surface area contributed by atoms with Crippen molar-refractivity contribution in [3.63, 3.8) is 0 Å². The van der Waals surface area contributed by atoms with E-state index in [0.717, 1.165) is 23.1 Å². The van der Waals surface area contributed by atoms with E-state index in [1.165, 1.54) is 12.8 Å². The van der Waals surface area contributed by atoms with Gasteiger partial charge in [-0.1, -0.05) is 26.8 Å². The first-order valence-corrected chi connectivity index (χ1v) is 9.40. The summed E-state index contributed by atoms with van der Waals surface area (Å²) in [4.78, 5) is 0. The molecule has 1 aromatic rings. The molecule has 0 saturated heterocycles. The Morgan fingerprint density at radius 2 is 2.26 bits per heavy atom. The predicted molar refractivity (Wildman–Crippen MR) is 84.2 cm³/mol.